The van der Waals surface area contributed by atoms with Crippen LogP contribution in [-0.2, 0) is 9.59 Å². The monoisotopic (exact) mass is 496 g/mol. The van der Waals surface area contributed by atoms with Gasteiger partial charge in [0.25, 0.3) is 0 Å². The summed E-state index contributed by atoms with van der Waals surface area (Å²) in [5, 5.41) is 18.6. The van der Waals surface area contributed by atoms with E-state index in [4.69, 9.17) is 10.2 Å². The van der Waals surface area contributed by atoms with Crippen molar-refractivity contribution in [2.24, 2.45) is 0 Å². The minimum absolute atomic E-state index is 0. The molecule has 0 aliphatic heterocycles. The van der Waals surface area contributed by atoms with Crippen LogP contribution in [0.1, 0.15) is 53.8 Å². The topological polar surface area (TPSA) is 106 Å². The van der Waals surface area contributed by atoms with Crippen LogP contribution in [-0.4, -0.2) is 32.1 Å². The summed E-state index contributed by atoms with van der Waals surface area (Å²) < 4.78 is 0. The van der Waals surface area contributed by atoms with Crippen LogP contribution in [0.15, 0.2) is 73.1 Å². The number of benzene rings is 2. The normalized spacial score (nSPS) is 9.00. The average Bonchev–Trinajstić information content (AvgIpc) is 3.46. The molecule has 0 radical (unpaired) electrons. The maximum absolute atomic E-state index is 9.76. The van der Waals surface area contributed by atoms with Crippen LogP contribution in [0.3, 0.4) is 0 Å². The quantitative estimate of drug-likeness (QED) is 0.302. The van der Waals surface area contributed by atoms with Gasteiger partial charge in [0.1, 0.15) is 0 Å². The zero-order chi connectivity index (χ0) is 23.6. The maximum Gasteiger partial charge on any atom is 1.00 e. The van der Waals surface area contributed by atoms with Crippen LogP contribution >= 0.6 is 13.5 Å². The first-order valence-electron chi connectivity index (χ1n) is 11.0. The molecule has 6 nitrogen and oxygen atoms in total. The molecule has 2 aromatic carbocycles. The Hall–Kier alpha value is -2.19. The van der Waals surface area contributed by atoms with Crippen LogP contribution in [0.4, 0.5) is 0 Å². The number of aliphatic carboxylic acids is 2. The van der Waals surface area contributed by atoms with Gasteiger partial charge in [0.15, 0.2) is 0 Å². The molecule has 2 heterocycles. The van der Waals surface area contributed by atoms with Crippen molar-refractivity contribution in [3.63, 3.8) is 0 Å². The maximum atomic E-state index is 9.76. The van der Waals surface area contributed by atoms with Gasteiger partial charge in [0, 0.05) is 36.3 Å². The molecule has 0 unspecified atom stereocenters. The van der Waals surface area contributed by atoms with E-state index in [-0.39, 0.29) is 44.5 Å². The first kappa shape index (κ1) is 34.0. The number of carbonyl (C=O) groups is 2. The van der Waals surface area contributed by atoms with Crippen molar-refractivity contribution in [1.82, 2.24) is 9.97 Å². The number of hydrogen-bond donors (Lipinski definition) is 4. The molecule has 34 heavy (non-hydrogen) atoms. The molecule has 0 spiro atoms. The summed E-state index contributed by atoms with van der Waals surface area (Å²) in [6.45, 7) is 3.95. The summed E-state index contributed by atoms with van der Waals surface area (Å²) in [4.78, 5) is 25.8. The summed E-state index contributed by atoms with van der Waals surface area (Å²) in [6, 6.07) is 20.6. The van der Waals surface area contributed by atoms with Crippen molar-refractivity contribution in [2.75, 3.05) is 0 Å². The zero-order valence-electron chi connectivity index (χ0n) is 21.4. The van der Waals surface area contributed by atoms with Gasteiger partial charge in [-0.1, -0.05) is 63.1 Å². The molecule has 0 aliphatic rings. The standard InChI is InChI=1S/2C8H7N.2C5H10O2.Na.H2S.H/c2*1-2-4-8-7(3-1)5-6-9-8;2*1-2-3-4-5(6)7;;;/h2*1-6,9H;2*2-4H2,1H3,(H,6,7);;1H2;/q;;;;+1;;-1. The number of carboxylic acids is 2. The summed E-state index contributed by atoms with van der Waals surface area (Å²) in [6.07, 6.45) is 8.06. The third kappa shape index (κ3) is 15.6. The number of hydrogen-bond acceptors (Lipinski definition) is 2. The molecule has 2 aromatic heterocycles. The Kier molecular flexibility index (Phi) is 21.3. The molecule has 4 aromatic rings. The molecular weight excluding hydrogens is 459 g/mol. The molecule has 8 heteroatoms. The average molecular weight is 497 g/mol. The van der Waals surface area contributed by atoms with Crippen molar-refractivity contribution in [3.05, 3.63) is 73.1 Å². The Morgan fingerprint density at radius 3 is 1.32 bits per heavy atom. The van der Waals surface area contributed by atoms with E-state index in [9.17, 15) is 9.59 Å². The Bertz CT molecular complexity index is 911. The van der Waals surface area contributed by atoms with E-state index in [1.807, 2.05) is 50.5 Å². The second kappa shape index (κ2) is 21.4. The van der Waals surface area contributed by atoms with Gasteiger partial charge in [-0.25, -0.2) is 0 Å². The molecule has 182 valence electrons. The fraction of sp³-hybridized carbons (Fsp3) is 0.308. The predicted octanol–water partition coefficient (Wildman–Crippen LogP) is 4.09. The molecule has 0 aliphatic carbocycles. The summed E-state index contributed by atoms with van der Waals surface area (Å²) in [7, 11) is 0. The second-order valence-corrected chi connectivity index (χ2v) is 7.12. The van der Waals surface area contributed by atoms with Crippen LogP contribution in [0.5, 0.6) is 0 Å². The molecule has 0 fully saturated rings. The SMILES string of the molecule is CCCCC(=O)O.CCCCC(=O)O.S.[H-].[Na+].c1ccc2[nH]ccc2c1.c1ccc2[nH]ccc2c1. The van der Waals surface area contributed by atoms with E-state index >= 15 is 0 Å². The van der Waals surface area contributed by atoms with Crippen LogP contribution in [0, 0.1) is 0 Å². The largest absolute Gasteiger partial charge is 1.00 e. The van der Waals surface area contributed by atoms with Crippen molar-refractivity contribution in [2.45, 2.75) is 52.4 Å². The van der Waals surface area contributed by atoms with Gasteiger partial charge < -0.3 is 21.6 Å². The summed E-state index contributed by atoms with van der Waals surface area (Å²) >= 11 is 0. The van der Waals surface area contributed by atoms with E-state index in [0.29, 0.717) is 12.8 Å². The molecule has 0 saturated carbocycles. The van der Waals surface area contributed by atoms with Gasteiger partial charge >= 0.3 is 41.5 Å². The summed E-state index contributed by atoms with van der Waals surface area (Å²) in [5.74, 6) is -1.39. The number of rotatable bonds is 6. The number of aromatic nitrogens is 2. The van der Waals surface area contributed by atoms with E-state index in [2.05, 4.69) is 46.4 Å². The van der Waals surface area contributed by atoms with Crippen molar-refractivity contribution < 1.29 is 50.8 Å². The number of H-pyrrole nitrogens is 2. The number of unbranched alkanes of at least 4 members (excludes halogenated alkanes) is 2. The number of aromatic amines is 2. The van der Waals surface area contributed by atoms with Gasteiger partial charge in [-0.3, -0.25) is 9.59 Å². The third-order valence-electron chi connectivity index (χ3n) is 4.41. The first-order valence-corrected chi connectivity index (χ1v) is 11.0. The van der Waals surface area contributed by atoms with Crippen LogP contribution < -0.4 is 29.6 Å². The van der Waals surface area contributed by atoms with E-state index in [0.717, 1.165) is 25.7 Å². The molecule has 0 saturated heterocycles. The zero-order valence-corrected chi connectivity index (χ0v) is 23.4. The number of para-hydroxylation sites is 2. The van der Waals surface area contributed by atoms with Gasteiger partial charge in [-0.2, -0.15) is 13.5 Å². The molecule has 0 amide bonds. The molecule has 0 atom stereocenters. The Morgan fingerprint density at radius 1 is 0.706 bits per heavy atom. The van der Waals surface area contributed by atoms with Gasteiger partial charge in [0.2, 0.25) is 0 Å². The fourth-order valence-corrected chi connectivity index (χ4v) is 2.65. The minimum Gasteiger partial charge on any atom is -1.00 e. The third-order valence-corrected chi connectivity index (χ3v) is 4.41. The number of carboxylic acid groups (broad SMARTS) is 2. The number of nitrogens with one attached hydrogen (secondary N) is 2. The minimum atomic E-state index is -0.693. The second-order valence-electron chi connectivity index (χ2n) is 7.12. The van der Waals surface area contributed by atoms with Crippen LogP contribution in [0.2, 0.25) is 0 Å². The molecule has 0 bridgehead atoms. The number of fused-ring (bicyclic) bond motifs is 2. The van der Waals surface area contributed by atoms with Gasteiger partial charge in [0.05, 0.1) is 0 Å². The van der Waals surface area contributed by atoms with Crippen molar-refractivity contribution >= 4 is 47.2 Å². The Morgan fingerprint density at radius 2 is 1.06 bits per heavy atom. The molecule has 4 rings (SSSR count). The first-order chi connectivity index (χ1) is 15.5. The molecular formula is C26H37N2NaO4S. The van der Waals surface area contributed by atoms with Crippen molar-refractivity contribution in [1.29, 1.82) is 0 Å². The predicted molar refractivity (Wildman–Crippen MR) is 142 cm³/mol. The van der Waals surface area contributed by atoms with E-state index in [1.54, 1.807) is 0 Å². The van der Waals surface area contributed by atoms with Gasteiger partial charge in [-0.15, -0.1) is 0 Å². The van der Waals surface area contributed by atoms with E-state index in [1.165, 1.54) is 21.8 Å². The summed E-state index contributed by atoms with van der Waals surface area (Å²) in [5.41, 5.74) is 2.41. The van der Waals surface area contributed by atoms with E-state index < -0.39 is 11.9 Å². The Labute approximate surface area is 232 Å². The van der Waals surface area contributed by atoms with Crippen LogP contribution in [0.25, 0.3) is 21.8 Å². The smallest absolute Gasteiger partial charge is 1.00 e. The Balaban J connectivity index is -0.000000383. The van der Waals surface area contributed by atoms with Crippen molar-refractivity contribution in [3.8, 4) is 0 Å². The molecule has 4 N–H and O–H groups in total. The fourth-order valence-electron chi connectivity index (χ4n) is 2.65. The van der Waals surface area contributed by atoms with Gasteiger partial charge in [-0.05, 0) is 47.9 Å².